The van der Waals surface area contributed by atoms with Gasteiger partial charge in [-0.25, -0.2) is 13.6 Å². The normalized spacial score (nSPS) is 17.1. The molecule has 4 heterocycles. The van der Waals surface area contributed by atoms with Gasteiger partial charge < -0.3 is 14.7 Å². The lowest BCUT2D eigenvalue weighted by Crippen LogP contribution is -2.49. The van der Waals surface area contributed by atoms with E-state index in [-0.39, 0.29) is 11.5 Å². The third-order valence-electron chi connectivity index (χ3n) is 7.06. The Hall–Kier alpha value is -2.95. The topological polar surface area (TPSA) is 61.7 Å². The maximum absolute atomic E-state index is 14.7. The van der Waals surface area contributed by atoms with E-state index in [0.717, 1.165) is 6.07 Å². The van der Waals surface area contributed by atoms with Crippen molar-refractivity contribution < 1.29 is 13.6 Å². The minimum Gasteiger partial charge on any atom is -0.352 e. The Morgan fingerprint density at radius 1 is 1.11 bits per heavy atom. The van der Waals surface area contributed by atoms with Gasteiger partial charge in [0.2, 0.25) is 5.91 Å². The number of halogens is 3. The van der Waals surface area contributed by atoms with Gasteiger partial charge in [0.25, 0.3) is 0 Å². The molecular weight excluding hydrogens is 532 g/mol. The van der Waals surface area contributed by atoms with Gasteiger partial charge in [-0.15, -0.1) is 11.8 Å². The van der Waals surface area contributed by atoms with Crippen molar-refractivity contribution in [1.82, 2.24) is 19.4 Å². The van der Waals surface area contributed by atoms with Crippen molar-refractivity contribution in [2.75, 3.05) is 57.0 Å². The van der Waals surface area contributed by atoms with Crippen molar-refractivity contribution in [1.29, 1.82) is 0 Å². The lowest BCUT2D eigenvalue weighted by atomic mass is 10.0. The van der Waals surface area contributed by atoms with E-state index in [2.05, 4.69) is 23.5 Å². The van der Waals surface area contributed by atoms with Crippen LogP contribution >= 0.6 is 23.4 Å². The van der Waals surface area contributed by atoms with E-state index < -0.39 is 17.3 Å². The van der Waals surface area contributed by atoms with Crippen LogP contribution in [0.15, 0.2) is 46.6 Å². The number of aromatic nitrogens is 2. The van der Waals surface area contributed by atoms with Crippen LogP contribution in [0.4, 0.5) is 14.6 Å². The maximum Gasteiger partial charge on any atom is 0.350 e. The van der Waals surface area contributed by atoms with Crippen molar-refractivity contribution in [3.05, 3.63) is 64.1 Å². The number of amides is 1. The van der Waals surface area contributed by atoms with Crippen molar-refractivity contribution in [3.63, 3.8) is 0 Å². The number of carbonyl (C=O) groups excluding carboxylic acids is 1. The molecule has 0 aliphatic carbocycles. The zero-order valence-corrected chi connectivity index (χ0v) is 22.6. The fourth-order valence-electron chi connectivity index (χ4n) is 4.87. The molecule has 0 spiro atoms. The smallest absolute Gasteiger partial charge is 0.350 e. The lowest BCUT2D eigenvalue weighted by Gasteiger charge is -2.36. The first kappa shape index (κ1) is 26.6. The van der Waals surface area contributed by atoms with Gasteiger partial charge in [0.05, 0.1) is 10.5 Å². The standard InChI is InChI=1S/C23H19ClF2N4O2S.C4H9N/c1-2-18(31)28-5-7-29(8-6-28)22-15-12-16(24)19(14-4-3-13(25)11-17(14)26)21-20(15)30(9-10-33-21)23(32)27-22;1-5-3-2-4-5/h2-4,11-12H,1,5-10H2;2-4H2,1H3. The van der Waals surface area contributed by atoms with Crippen LogP contribution in [0.5, 0.6) is 0 Å². The Kier molecular flexibility index (Phi) is 7.74. The predicted octanol–water partition coefficient (Wildman–Crippen LogP) is 4.26. The minimum atomic E-state index is -0.718. The molecule has 0 N–H and O–H groups in total. The number of benzene rings is 2. The molecule has 3 aliphatic heterocycles. The Morgan fingerprint density at radius 2 is 1.82 bits per heavy atom. The van der Waals surface area contributed by atoms with Crippen LogP contribution in [0.3, 0.4) is 0 Å². The molecule has 38 heavy (non-hydrogen) atoms. The molecule has 0 unspecified atom stereocenters. The largest absolute Gasteiger partial charge is 0.352 e. The molecule has 3 aromatic rings. The highest BCUT2D eigenvalue weighted by Gasteiger charge is 2.28. The van der Waals surface area contributed by atoms with Gasteiger partial charge in [-0.2, -0.15) is 4.98 Å². The molecule has 2 aromatic carbocycles. The van der Waals surface area contributed by atoms with Crippen LogP contribution in [0.25, 0.3) is 22.0 Å². The van der Waals surface area contributed by atoms with E-state index in [4.69, 9.17) is 11.6 Å². The number of rotatable bonds is 3. The molecule has 2 saturated heterocycles. The van der Waals surface area contributed by atoms with Crippen molar-refractivity contribution in [2.45, 2.75) is 17.9 Å². The van der Waals surface area contributed by atoms with E-state index in [9.17, 15) is 18.4 Å². The summed E-state index contributed by atoms with van der Waals surface area (Å²) < 4.78 is 29.8. The van der Waals surface area contributed by atoms with E-state index in [0.29, 0.717) is 70.7 Å². The molecule has 200 valence electrons. The summed E-state index contributed by atoms with van der Waals surface area (Å²) in [6.07, 6.45) is 2.70. The van der Waals surface area contributed by atoms with Gasteiger partial charge in [-0.05, 0) is 50.8 Å². The van der Waals surface area contributed by atoms with Gasteiger partial charge in [0, 0.05) is 66.0 Å². The monoisotopic (exact) mass is 559 g/mol. The number of piperazine rings is 1. The molecule has 0 saturated carbocycles. The molecule has 0 bridgehead atoms. The molecule has 1 amide bonds. The number of nitrogens with zero attached hydrogens (tertiary/aromatic N) is 5. The molecule has 0 radical (unpaired) electrons. The Balaban J connectivity index is 0.000000529. The first-order valence-electron chi connectivity index (χ1n) is 12.5. The Labute approximate surface area is 228 Å². The Morgan fingerprint density at radius 3 is 2.42 bits per heavy atom. The SMILES string of the molecule is C=CC(=O)N1CCN(c2nc(=O)n3c4c(c(-c5ccc(F)cc5F)c(Cl)cc24)SCC3)CC1.CN1CCC1. The minimum absolute atomic E-state index is 0.134. The summed E-state index contributed by atoms with van der Waals surface area (Å²) in [5.74, 6) is -0.433. The number of likely N-dealkylation sites (tertiary alicyclic amines) is 1. The molecule has 7 nitrogen and oxygen atoms in total. The average Bonchev–Trinajstić information content (AvgIpc) is 2.90. The molecule has 6 rings (SSSR count). The van der Waals surface area contributed by atoms with Crippen LogP contribution < -0.4 is 10.6 Å². The second kappa shape index (κ2) is 11.0. The van der Waals surface area contributed by atoms with Gasteiger partial charge in [-0.1, -0.05) is 18.2 Å². The average molecular weight is 560 g/mol. The van der Waals surface area contributed by atoms with E-state index >= 15 is 0 Å². The second-order valence-corrected chi connectivity index (χ2v) is 11.0. The molecule has 3 aliphatic rings. The predicted molar refractivity (Wildman–Crippen MR) is 148 cm³/mol. The summed E-state index contributed by atoms with van der Waals surface area (Å²) in [5, 5.41) is 0.989. The van der Waals surface area contributed by atoms with Crippen LogP contribution in [0.2, 0.25) is 5.02 Å². The van der Waals surface area contributed by atoms with Crippen molar-refractivity contribution in [2.24, 2.45) is 0 Å². The number of hydrogen-bond donors (Lipinski definition) is 0. The van der Waals surface area contributed by atoms with Gasteiger partial charge in [0.1, 0.15) is 17.5 Å². The lowest BCUT2D eigenvalue weighted by molar-refractivity contribution is -0.126. The first-order valence-corrected chi connectivity index (χ1v) is 13.8. The highest BCUT2D eigenvalue weighted by atomic mass is 35.5. The van der Waals surface area contributed by atoms with E-state index in [1.165, 1.54) is 49.5 Å². The highest BCUT2D eigenvalue weighted by Crippen LogP contribution is 2.46. The third-order valence-corrected chi connectivity index (χ3v) is 8.43. The zero-order valence-electron chi connectivity index (χ0n) is 21.1. The number of aryl methyl sites for hydroxylation is 1. The molecule has 1 aromatic heterocycles. The summed E-state index contributed by atoms with van der Waals surface area (Å²) in [6.45, 7) is 8.59. The molecular formula is C27H28ClF2N5O2S. The zero-order chi connectivity index (χ0) is 27.0. The van der Waals surface area contributed by atoms with Gasteiger partial charge >= 0.3 is 5.69 Å². The van der Waals surface area contributed by atoms with Crippen molar-refractivity contribution >= 4 is 46.0 Å². The molecule has 11 heteroatoms. The number of anilines is 1. The summed E-state index contributed by atoms with van der Waals surface area (Å²) in [6, 6.07) is 5.08. The number of carbonyl (C=O) groups is 1. The van der Waals surface area contributed by atoms with Crippen molar-refractivity contribution in [3.8, 4) is 11.1 Å². The first-order chi connectivity index (χ1) is 18.3. The van der Waals surface area contributed by atoms with E-state index in [1.54, 1.807) is 15.5 Å². The van der Waals surface area contributed by atoms with Crippen LogP contribution in [-0.2, 0) is 11.3 Å². The van der Waals surface area contributed by atoms with E-state index in [1.807, 2.05) is 4.90 Å². The second-order valence-electron chi connectivity index (χ2n) is 9.47. The number of hydrogen-bond acceptors (Lipinski definition) is 6. The maximum atomic E-state index is 14.7. The third kappa shape index (κ3) is 5.04. The summed E-state index contributed by atoms with van der Waals surface area (Å²) in [4.78, 5) is 35.9. The summed E-state index contributed by atoms with van der Waals surface area (Å²) in [5.41, 5.74) is 0.880. The van der Waals surface area contributed by atoms with Crippen LogP contribution in [-0.4, -0.2) is 77.3 Å². The van der Waals surface area contributed by atoms with Gasteiger partial charge in [0.15, 0.2) is 0 Å². The van der Waals surface area contributed by atoms with Gasteiger partial charge in [-0.3, -0.25) is 9.36 Å². The molecule has 2 fully saturated rings. The summed E-state index contributed by atoms with van der Waals surface area (Å²) in [7, 11) is 2.14. The fraction of sp³-hybridized carbons (Fsp3) is 0.370. The quantitative estimate of drug-likeness (QED) is 0.447. The van der Waals surface area contributed by atoms with Crippen LogP contribution in [0, 0.1) is 11.6 Å². The fourth-order valence-corrected chi connectivity index (χ4v) is 6.44. The highest BCUT2D eigenvalue weighted by molar-refractivity contribution is 7.99. The summed E-state index contributed by atoms with van der Waals surface area (Å²) >= 11 is 8.16. The number of thioether (sulfide) groups is 1. The van der Waals surface area contributed by atoms with Crippen LogP contribution in [0.1, 0.15) is 6.42 Å². The Bertz CT molecular complexity index is 1470. The molecule has 0 atom stereocenters.